The van der Waals surface area contributed by atoms with Gasteiger partial charge in [-0.25, -0.2) is 0 Å². The number of hydrogen-bond acceptors (Lipinski definition) is 4. The summed E-state index contributed by atoms with van der Waals surface area (Å²) >= 11 is 0. The number of likely N-dealkylation sites (tertiary alicyclic amines) is 1. The predicted molar refractivity (Wildman–Crippen MR) is 145 cm³/mol. The van der Waals surface area contributed by atoms with Crippen LogP contribution in [0.5, 0.6) is 0 Å². The minimum Gasteiger partial charge on any atom is -0.314 e. The fraction of sp³-hybridized carbons (Fsp3) is 0.966. The van der Waals surface area contributed by atoms with E-state index in [1.54, 1.807) is 6.92 Å². The summed E-state index contributed by atoms with van der Waals surface area (Å²) in [6.07, 6.45) is 5.57. The third-order valence-corrected chi connectivity index (χ3v) is 8.97. The maximum absolute atomic E-state index is 11.7. The minimum atomic E-state index is -0.287. The first-order valence-electron chi connectivity index (χ1n) is 13.8. The number of hydrogen-bond donors (Lipinski definition) is 1. The Kier molecular flexibility index (Phi) is 12.1. The molecule has 4 heteroatoms. The van der Waals surface area contributed by atoms with E-state index >= 15 is 0 Å². The topological polar surface area (TPSA) is 35.6 Å². The van der Waals surface area contributed by atoms with Crippen LogP contribution in [0.4, 0.5) is 0 Å². The van der Waals surface area contributed by atoms with E-state index in [4.69, 9.17) is 0 Å². The van der Waals surface area contributed by atoms with Gasteiger partial charge in [-0.15, -0.1) is 0 Å². The van der Waals surface area contributed by atoms with Gasteiger partial charge >= 0.3 is 0 Å². The van der Waals surface area contributed by atoms with Gasteiger partial charge in [0, 0.05) is 37.1 Å². The Morgan fingerprint density at radius 3 is 1.82 bits per heavy atom. The average Bonchev–Trinajstić information content (AvgIpc) is 2.72. The summed E-state index contributed by atoms with van der Waals surface area (Å²) in [5, 5.41) is 3.34. The molecule has 2 rings (SSSR count). The third-order valence-electron chi connectivity index (χ3n) is 8.97. The average molecular weight is 466 g/mol. The highest BCUT2D eigenvalue weighted by atomic mass is 16.1. The van der Waals surface area contributed by atoms with E-state index in [1.807, 2.05) is 0 Å². The lowest BCUT2D eigenvalue weighted by Crippen LogP contribution is -2.61. The third kappa shape index (κ3) is 9.26. The van der Waals surface area contributed by atoms with Gasteiger partial charge < -0.3 is 10.2 Å². The van der Waals surface area contributed by atoms with Crippen molar-refractivity contribution in [1.82, 2.24) is 15.1 Å². The van der Waals surface area contributed by atoms with E-state index in [-0.39, 0.29) is 16.7 Å². The second-order valence-corrected chi connectivity index (χ2v) is 13.4. The largest absolute Gasteiger partial charge is 0.314 e. The first-order valence-corrected chi connectivity index (χ1v) is 13.8. The molecule has 2 aliphatic heterocycles. The van der Waals surface area contributed by atoms with E-state index in [9.17, 15) is 4.79 Å². The summed E-state index contributed by atoms with van der Waals surface area (Å²) in [5.41, 5.74) is 0.184. The van der Waals surface area contributed by atoms with Crippen molar-refractivity contribution in [3.63, 3.8) is 0 Å². The molecule has 2 aliphatic rings. The number of rotatable bonds is 9. The van der Waals surface area contributed by atoms with E-state index < -0.39 is 0 Å². The number of piperazine rings is 1. The SMILES string of the molecule is CC(=O)C(C)(C)C(C)(C)N1CCNCC1.CC(C)CCN1CCC(C(C)(C)CC(C)C)CC1. The van der Waals surface area contributed by atoms with Crippen LogP contribution in [0, 0.1) is 28.6 Å². The van der Waals surface area contributed by atoms with E-state index in [2.05, 4.69) is 84.4 Å². The van der Waals surface area contributed by atoms with E-state index in [1.165, 1.54) is 45.3 Å². The van der Waals surface area contributed by atoms with Crippen molar-refractivity contribution in [2.24, 2.45) is 28.6 Å². The molecule has 0 aromatic rings. The van der Waals surface area contributed by atoms with E-state index in [0.29, 0.717) is 5.41 Å². The van der Waals surface area contributed by atoms with Crippen LogP contribution in [0.2, 0.25) is 0 Å². The number of carbonyl (C=O) groups is 1. The van der Waals surface area contributed by atoms with Crippen LogP contribution < -0.4 is 5.32 Å². The standard InChI is InChI=1S/C17H35N.C12H24N2O/c1-14(2)7-10-18-11-8-16(9-12-18)17(5,6)13-15(3)4;1-10(15)11(2,3)12(4,5)14-8-6-13-7-9-14/h14-16H,7-13H2,1-6H3;13H,6-9H2,1-5H3. The van der Waals surface area contributed by atoms with Gasteiger partial charge in [-0.3, -0.25) is 9.69 Å². The predicted octanol–water partition coefficient (Wildman–Crippen LogP) is 6.10. The van der Waals surface area contributed by atoms with Gasteiger partial charge in [-0.2, -0.15) is 0 Å². The van der Waals surface area contributed by atoms with Crippen molar-refractivity contribution >= 4 is 5.78 Å². The molecule has 1 N–H and O–H groups in total. The maximum Gasteiger partial charge on any atom is 0.137 e. The molecular formula is C29H59N3O. The monoisotopic (exact) mass is 465 g/mol. The molecule has 33 heavy (non-hydrogen) atoms. The first-order chi connectivity index (χ1) is 15.1. The molecule has 196 valence electrons. The number of nitrogens with zero attached hydrogens (tertiary/aromatic N) is 2. The lowest BCUT2D eigenvalue weighted by atomic mass is 9.69. The Balaban J connectivity index is 0.000000335. The summed E-state index contributed by atoms with van der Waals surface area (Å²) in [6, 6.07) is 0. The molecule has 0 atom stereocenters. The highest BCUT2D eigenvalue weighted by Gasteiger charge is 2.44. The minimum absolute atomic E-state index is 0.0685. The summed E-state index contributed by atoms with van der Waals surface area (Å²) in [4.78, 5) is 16.8. The van der Waals surface area contributed by atoms with Crippen LogP contribution in [0.25, 0.3) is 0 Å². The van der Waals surface area contributed by atoms with Gasteiger partial charge in [-0.05, 0) is 89.3 Å². The van der Waals surface area contributed by atoms with Gasteiger partial charge in [0.25, 0.3) is 0 Å². The number of ketones is 1. The van der Waals surface area contributed by atoms with Crippen molar-refractivity contribution in [2.45, 2.75) is 107 Å². The zero-order valence-electron chi connectivity index (χ0n) is 24.3. The van der Waals surface area contributed by atoms with Crippen LogP contribution in [0.1, 0.15) is 102 Å². The fourth-order valence-electron chi connectivity index (χ4n) is 5.65. The van der Waals surface area contributed by atoms with Crippen LogP contribution in [-0.4, -0.2) is 66.9 Å². The lowest BCUT2D eigenvalue weighted by Gasteiger charge is -2.49. The quantitative estimate of drug-likeness (QED) is 0.446. The molecule has 0 radical (unpaired) electrons. The summed E-state index contributed by atoms with van der Waals surface area (Å²) in [7, 11) is 0. The molecule has 2 saturated heterocycles. The van der Waals surface area contributed by atoms with Crippen LogP contribution in [0.15, 0.2) is 0 Å². The van der Waals surface area contributed by atoms with Crippen LogP contribution >= 0.6 is 0 Å². The van der Waals surface area contributed by atoms with Crippen molar-refractivity contribution < 1.29 is 4.79 Å². The van der Waals surface area contributed by atoms with Crippen molar-refractivity contribution in [2.75, 3.05) is 45.8 Å². The van der Waals surface area contributed by atoms with Crippen molar-refractivity contribution in [3.05, 3.63) is 0 Å². The Bertz CT molecular complexity index is 565. The maximum atomic E-state index is 11.7. The van der Waals surface area contributed by atoms with Gasteiger partial charge in [0.1, 0.15) is 5.78 Å². The second-order valence-electron chi connectivity index (χ2n) is 13.4. The second kappa shape index (κ2) is 13.0. The highest BCUT2D eigenvalue weighted by molar-refractivity contribution is 5.83. The molecule has 0 aliphatic carbocycles. The fourth-order valence-corrected chi connectivity index (χ4v) is 5.65. The number of piperidine rings is 1. The zero-order chi connectivity index (χ0) is 25.4. The molecule has 0 amide bonds. The Morgan fingerprint density at radius 2 is 1.39 bits per heavy atom. The first kappa shape index (κ1) is 30.6. The number of nitrogens with one attached hydrogen (secondary N) is 1. The molecule has 2 fully saturated rings. The molecule has 0 saturated carbocycles. The Labute approximate surface area is 207 Å². The summed E-state index contributed by atoms with van der Waals surface area (Å²) in [5.74, 6) is 2.89. The Morgan fingerprint density at radius 1 is 0.879 bits per heavy atom. The van der Waals surface area contributed by atoms with Crippen LogP contribution in [-0.2, 0) is 4.79 Å². The lowest BCUT2D eigenvalue weighted by molar-refractivity contribution is -0.133. The molecular weight excluding hydrogens is 406 g/mol. The van der Waals surface area contributed by atoms with Gasteiger partial charge in [0.15, 0.2) is 0 Å². The molecule has 0 aromatic carbocycles. The number of carbonyl (C=O) groups excluding carboxylic acids is 1. The smallest absolute Gasteiger partial charge is 0.137 e. The van der Waals surface area contributed by atoms with Crippen molar-refractivity contribution in [1.29, 1.82) is 0 Å². The molecule has 2 heterocycles. The molecule has 0 spiro atoms. The molecule has 0 bridgehead atoms. The van der Waals surface area contributed by atoms with Gasteiger partial charge in [0.2, 0.25) is 0 Å². The normalized spacial score (nSPS) is 20.2. The zero-order valence-corrected chi connectivity index (χ0v) is 24.3. The molecule has 0 aromatic heterocycles. The van der Waals surface area contributed by atoms with Crippen molar-refractivity contribution in [3.8, 4) is 0 Å². The Hall–Kier alpha value is -0.450. The summed E-state index contributed by atoms with van der Waals surface area (Å²) in [6.45, 7) is 32.6. The van der Waals surface area contributed by atoms with Crippen LogP contribution in [0.3, 0.4) is 0 Å². The van der Waals surface area contributed by atoms with Gasteiger partial charge in [-0.1, -0.05) is 55.4 Å². The molecule has 0 unspecified atom stereocenters. The summed E-state index contributed by atoms with van der Waals surface area (Å²) < 4.78 is 0. The molecule has 4 nitrogen and oxygen atoms in total. The van der Waals surface area contributed by atoms with E-state index in [0.717, 1.165) is 43.9 Å². The number of Topliss-reactive ketones (excluding diaryl/α,β-unsaturated/α-hetero) is 1. The van der Waals surface area contributed by atoms with Gasteiger partial charge in [0.05, 0.1) is 0 Å². The highest BCUT2D eigenvalue weighted by Crippen LogP contribution is 2.40.